The molecule has 0 aliphatic carbocycles. The summed E-state index contributed by atoms with van der Waals surface area (Å²) in [4.78, 5) is 22.4. The van der Waals surface area contributed by atoms with Gasteiger partial charge >= 0.3 is 0 Å². The minimum absolute atomic E-state index is 0.00230. The smallest absolute Gasteiger partial charge is 0.257 e. The lowest BCUT2D eigenvalue weighted by Gasteiger charge is -2.22. The molecule has 1 aliphatic rings. The van der Waals surface area contributed by atoms with E-state index in [1.54, 1.807) is 23.1 Å². The molecule has 0 saturated heterocycles. The van der Waals surface area contributed by atoms with E-state index in [2.05, 4.69) is 18.1 Å². The maximum absolute atomic E-state index is 12.7. The van der Waals surface area contributed by atoms with Crippen molar-refractivity contribution < 1.29 is 9.42 Å². The maximum atomic E-state index is 12.7. The molecule has 1 aromatic carbocycles. The van der Waals surface area contributed by atoms with Crippen LogP contribution in [0.3, 0.4) is 0 Å². The van der Waals surface area contributed by atoms with E-state index in [0.717, 1.165) is 47.6 Å². The number of hydrogen-bond donors (Lipinski definition) is 0. The summed E-state index contributed by atoms with van der Waals surface area (Å²) in [5.41, 5.74) is 4.67. The van der Waals surface area contributed by atoms with Crippen molar-refractivity contribution in [3.63, 3.8) is 0 Å². The third-order valence-electron chi connectivity index (χ3n) is 6.06. The van der Waals surface area contributed by atoms with E-state index in [1.807, 2.05) is 54.8 Å². The van der Waals surface area contributed by atoms with Crippen LogP contribution in [0.15, 0.2) is 63.7 Å². The molecule has 34 heavy (non-hydrogen) atoms. The van der Waals surface area contributed by atoms with Gasteiger partial charge < -0.3 is 4.74 Å². The van der Waals surface area contributed by atoms with Crippen molar-refractivity contribution in [2.75, 3.05) is 13.2 Å². The van der Waals surface area contributed by atoms with E-state index in [-0.39, 0.29) is 11.5 Å². The molecule has 2 aromatic heterocycles. The molecular weight excluding hydrogens is 428 g/mol. The molecule has 0 saturated carbocycles. The summed E-state index contributed by atoms with van der Waals surface area (Å²) in [6, 6.07) is 9.77. The minimum atomic E-state index is -0.0298. The fraction of sp³-hybridized carbons (Fsp3) is 0.423. The Bertz CT molecular complexity index is 1270. The largest absolute Gasteiger partial charge is 0.371 e. The lowest BCUT2D eigenvalue weighted by Crippen LogP contribution is -2.48. The molecule has 178 valence electrons. The van der Waals surface area contributed by atoms with E-state index in [4.69, 9.17) is 14.7 Å². The van der Waals surface area contributed by atoms with Crippen molar-refractivity contribution in [2.24, 2.45) is 24.1 Å². The molecule has 8 nitrogen and oxygen atoms in total. The molecule has 1 aliphatic heterocycles. The highest BCUT2D eigenvalue weighted by atomic mass is 16.5. The Morgan fingerprint density at radius 1 is 1.24 bits per heavy atom. The summed E-state index contributed by atoms with van der Waals surface area (Å²) in [6.45, 7) is 5.44. The Kier molecular flexibility index (Phi) is 7.47. The van der Waals surface area contributed by atoms with Crippen molar-refractivity contribution in [3.8, 4) is 5.69 Å². The monoisotopic (exact) mass is 461 g/mol. The molecule has 3 heterocycles. The maximum Gasteiger partial charge on any atom is 0.257 e. The second-order valence-electron chi connectivity index (χ2n) is 8.56. The number of aromatic nitrogens is 4. The average molecular weight is 462 g/mol. The highest BCUT2D eigenvalue weighted by Gasteiger charge is 2.22. The van der Waals surface area contributed by atoms with E-state index in [1.165, 1.54) is 0 Å². The quantitative estimate of drug-likeness (QED) is 0.460. The Balaban J connectivity index is 1.62. The molecule has 0 radical (unpaired) electrons. The first kappa shape index (κ1) is 23.8. The van der Waals surface area contributed by atoms with E-state index < -0.39 is 0 Å². The highest BCUT2D eigenvalue weighted by molar-refractivity contribution is 6.09. The fourth-order valence-corrected chi connectivity index (χ4v) is 4.22. The van der Waals surface area contributed by atoms with Crippen molar-refractivity contribution >= 4 is 11.5 Å². The van der Waals surface area contributed by atoms with Crippen LogP contribution < -0.4 is 10.1 Å². The molecule has 0 N–H and O–H groups in total. The van der Waals surface area contributed by atoms with Crippen LogP contribution in [-0.2, 0) is 25.3 Å². The topological polar surface area (TPSA) is 77.7 Å². The lowest BCUT2D eigenvalue weighted by atomic mass is 10.0. The van der Waals surface area contributed by atoms with Gasteiger partial charge in [0, 0.05) is 25.3 Å². The number of aryl methyl sites for hydroxylation is 1. The summed E-state index contributed by atoms with van der Waals surface area (Å²) in [5, 5.41) is 4.24. The molecule has 3 aromatic rings. The SMILES string of the molecule is CCCCC1=NC(c2cccc(Cc3c(=O)ccn(-c4cnn(C)c4)[n+]3C)c2)=NCC1OCC. The number of nitrogens with zero attached hydrogens (tertiary/aromatic N) is 6. The minimum Gasteiger partial charge on any atom is -0.371 e. The van der Waals surface area contributed by atoms with Crippen molar-refractivity contribution in [3.05, 3.63) is 76.0 Å². The molecule has 0 spiro atoms. The first-order valence-electron chi connectivity index (χ1n) is 11.9. The summed E-state index contributed by atoms with van der Waals surface area (Å²) in [5.74, 6) is 0.745. The first-order valence-corrected chi connectivity index (χ1v) is 11.9. The second-order valence-corrected chi connectivity index (χ2v) is 8.56. The number of rotatable bonds is 9. The van der Waals surface area contributed by atoms with Gasteiger partial charge in [0.2, 0.25) is 5.43 Å². The zero-order valence-electron chi connectivity index (χ0n) is 20.4. The number of unbranched alkanes of at least 4 members (excludes halogenated alkanes) is 1. The Morgan fingerprint density at radius 3 is 2.82 bits per heavy atom. The molecule has 1 unspecified atom stereocenters. The molecule has 0 bridgehead atoms. The standard InChI is InChI=1S/C26H33N6O2/c1-5-7-11-22-25(34-6-2)17-27-26(29-22)20-10-8-9-19(14-20)15-23-24(33)12-13-32(31(23)4)21-16-28-30(3)18-21/h8-10,12-14,16,18,25H,5-7,11,15,17H2,1-4H3/q+1. The van der Waals surface area contributed by atoms with Crippen LogP contribution in [0.5, 0.6) is 0 Å². The van der Waals surface area contributed by atoms with Crippen molar-refractivity contribution in [1.29, 1.82) is 0 Å². The van der Waals surface area contributed by atoms with Crippen LogP contribution in [0.1, 0.15) is 49.9 Å². The lowest BCUT2D eigenvalue weighted by molar-refractivity contribution is -0.755. The summed E-state index contributed by atoms with van der Waals surface area (Å²) in [6.07, 6.45) is 9.07. The van der Waals surface area contributed by atoms with Crippen LogP contribution in [0.2, 0.25) is 0 Å². The Hall–Kier alpha value is -3.39. The normalized spacial score (nSPS) is 15.8. The van der Waals surface area contributed by atoms with Gasteiger partial charge in [-0.2, -0.15) is 5.10 Å². The van der Waals surface area contributed by atoms with Crippen LogP contribution >= 0.6 is 0 Å². The number of benzene rings is 1. The second kappa shape index (κ2) is 10.7. The molecule has 8 heteroatoms. The molecule has 0 fully saturated rings. The van der Waals surface area contributed by atoms with Crippen molar-refractivity contribution in [1.82, 2.24) is 14.5 Å². The Morgan fingerprint density at radius 2 is 2.09 bits per heavy atom. The number of aliphatic imine (C=N–C) groups is 2. The third kappa shape index (κ3) is 5.22. The Labute approximate surface area is 200 Å². The van der Waals surface area contributed by atoms with Crippen LogP contribution in [-0.4, -0.2) is 45.3 Å². The van der Waals surface area contributed by atoms with E-state index >= 15 is 0 Å². The van der Waals surface area contributed by atoms with Gasteiger partial charge in [-0.05, 0) is 31.4 Å². The van der Waals surface area contributed by atoms with Gasteiger partial charge in [0.25, 0.3) is 5.69 Å². The average Bonchev–Trinajstić information content (AvgIpc) is 3.27. The van der Waals surface area contributed by atoms with Crippen LogP contribution in [0, 0.1) is 0 Å². The molecule has 0 amide bonds. The number of amidine groups is 1. The van der Waals surface area contributed by atoms with E-state index in [9.17, 15) is 4.79 Å². The van der Waals surface area contributed by atoms with Gasteiger partial charge in [-0.15, -0.1) is 9.36 Å². The molecule has 4 rings (SSSR count). The van der Waals surface area contributed by atoms with Crippen molar-refractivity contribution in [2.45, 2.75) is 45.6 Å². The fourth-order valence-electron chi connectivity index (χ4n) is 4.22. The van der Waals surface area contributed by atoms with Gasteiger partial charge in [-0.3, -0.25) is 14.5 Å². The predicted molar refractivity (Wildman–Crippen MR) is 133 cm³/mol. The van der Waals surface area contributed by atoms with Crippen LogP contribution in [0.25, 0.3) is 5.69 Å². The highest BCUT2D eigenvalue weighted by Crippen LogP contribution is 2.16. The van der Waals surface area contributed by atoms with Gasteiger partial charge in [-0.1, -0.05) is 31.5 Å². The third-order valence-corrected chi connectivity index (χ3v) is 6.06. The van der Waals surface area contributed by atoms with Gasteiger partial charge in [-0.25, -0.2) is 4.99 Å². The van der Waals surface area contributed by atoms with Gasteiger partial charge in [0.1, 0.15) is 11.8 Å². The van der Waals surface area contributed by atoms with Crippen LogP contribution in [0.4, 0.5) is 0 Å². The predicted octanol–water partition coefficient (Wildman–Crippen LogP) is 2.78. The zero-order chi connectivity index (χ0) is 24.1. The van der Waals surface area contributed by atoms with Gasteiger partial charge in [0.15, 0.2) is 12.9 Å². The molecule has 1 atom stereocenters. The summed E-state index contributed by atoms with van der Waals surface area (Å²) >= 11 is 0. The molecular formula is C26H33N6O2+. The summed E-state index contributed by atoms with van der Waals surface area (Å²) < 4.78 is 11.4. The van der Waals surface area contributed by atoms with Gasteiger partial charge in [0.05, 0.1) is 37.3 Å². The number of ether oxygens (including phenoxy) is 1. The van der Waals surface area contributed by atoms with E-state index in [0.29, 0.717) is 25.3 Å². The zero-order valence-corrected chi connectivity index (χ0v) is 20.4. The first-order chi connectivity index (χ1) is 16.5. The number of hydrogen-bond acceptors (Lipinski definition) is 5. The summed E-state index contributed by atoms with van der Waals surface area (Å²) in [7, 11) is 3.77.